The Bertz CT molecular complexity index is 845. The fourth-order valence-electron chi connectivity index (χ4n) is 3.69. The van der Waals surface area contributed by atoms with Crippen LogP contribution in [0.3, 0.4) is 0 Å². The molecule has 126 valence electrons. The zero-order chi connectivity index (χ0) is 16.7. The summed E-state index contributed by atoms with van der Waals surface area (Å²) in [5.41, 5.74) is 0.453. The van der Waals surface area contributed by atoms with Crippen molar-refractivity contribution in [2.45, 2.75) is 52.2 Å². The number of piperidine rings is 1. The normalized spacial score (nSPS) is 21.9. The predicted molar refractivity (Wildman–Crippen MR) is 88.7 cm³/mol. The Labute approximate surface area is 135 Å². The number of aryl methyl sites for hydroxylation is 2. The summed E-state index contributed by atoms with van der Waals surface area (Å²) in [5.74, 6) is 0.907. The lowest BCUT2D eigenvalue weighted by atomic mass is 10.0. The number of hydrogen-bond acceptors (Lipinski definition) is 3. The second-order valence-electron chi connectivity index (χ2n) is 6.63. The summed E-state index contributed by atoms with van der Waals surface area (Å²) in [7, 11) is 3.20. The van der Waals surface area contributed by atoms with Crippen LogP contribution in [0.5, 0.6) is 0 Å². The predicted octanol–water partition coefficient (Wildman–Crippen LogP) is -0.589. The molecule has 1 fully saturated rings. The summed E-state index contributed by atoms with van der Waals surface area (Å²) in [6, 6.07) is 0.612. The van der Waals surface area contributed by atoms with E-state index in [0.717, 1.165) is 23.5 Å². The molecule has 0 aliphatic carbocycles. The summed E-state index contributed by atoms with van der Waals surface area (Å²) in [5, 5.41) is 0. The number of likely N-dealkylation sites (tertiary alicyclic amines) is 1. The fourth-order valence-corrected chi connectivity index (χ4v) is 3.69. The van der Waals surface area contributed by atoms with Crippen LogP contribution < -0.4 is 16.1 Å². The van der Waals surface area contributed by atoms with Crippen molar-refractivity contribution in [1.29, 1.82) is 0 Å². The molecule has 7 nitrogen and oxygen atoms in total. The molecule has 1 aliphatic heterocycles. The Hall–Kier alpha value is -1.89. The van der Waals surface area contributed by atoms with Gasteiger partial charge in [0, 0.05) is 20.6 Å². The highest BCUT2D eigenvalue weighted by molar-refractivity contribution is 5.71. The number of imidazole rings is 1. The molecule has 0 radical (unpaired) electrons. The summed E-state index contributed by atoms with van der Waals surface area (Å²) < 4.78 is 4.61. The van der Waals surface area contributed by atoms with E-state index < -0.39 is 0 Å². The van der Waals surface area contributed by atoms with E-state index in [1.165, 1.54) is 35.8 Å². The molecule has 0 saturated carbocycles. The molecule has 7 heteroatoms. The van der Waals surface area contributed by atoms with Crippen LogP contribution in [-0.4, -0.2) is 31.3 Å². The van der Waals surface area contributed by atoms with Crippen molar-refractivity contribution in [1.82, 2.24) is 18.7 Å². The van der Waals surface area contributed by atoms with E-state index in [0.29, 0.717) is 23.8 Å². The molecular weight excluding hydrogens is 294 g/mol. The van der Waals surface area contributed by atoms with E-state index in [-0.39, 0.29) is 11.2 Å². The van der Waals surface area contributed by atoms with Crippen molar-refractivity contribution < 1.29 is 4.90 Å². The zero-order valence-electron chi connectivity index (χ0n) is 14.4. The Balaban J connectivity index is 2.15. The largest absolute Gasteiger partial charge is 0.332 e. The summed E-state index contributed by atoms with van der Waals surface area (Å²) in [6.07, 6.45) is 3.78. The molecule has 0 amide bonds. The molecule has 2 atom stereocenters. The average molecular weight is 320 g/mol. The van der Waals surface area contributed by atoms with E-state index >= 15 is 0 Å². The Morgan fingerprint density at radius 3 is 2.61 bits per heavy atom. The van der Waals surface area contributed by atoms with Crippen LogP contribution in [0.4, 0.5) is 0 Å². The van der Waals surface area contributed by atoms with Gasteiger partial charge in [0.05, 0.1) is 12.6 Å². The van der Waals surface area contributed by atoms with Gasteiger partial charge in [-0.2, -0.15) is 0 Å². The molecular formula is C16H26N5O2+. The second-order valence-corrected chi connectivity index (χ2v) is 6.63. The third-order valence-electron chi connectivity index (χ3n) is 5.21. The van der Waals surface area contributed by atoms with Gasteiger partial charge >= 0.3 is 5.69 Å². The number of nitrogens with one attached hydrogen (secondary N) is 1. The van der Waals surface area contributed by atoms with Gasteiger partial charge < -0.3 is 9.47 Å². The molecule has 2 aromatic rings. The first-order chi connectivity index (χ1) is 11.0. The maximum atomic E-state index is 12.5. The van der Waals surface area contributed by atoms with Gasteiger partial charge in [0.15, 0.2) is 17.0 Å². The maximum Gasteiger partial charge on any atom is 0.332 e. The van der Waals surface area contributed by atoms with E-state index in [1.54, 1.807) is 7.05 Å². The average Bonchev–Trinajstić information content (AvgIpc) is 2.91. The molecule has 3 heterocycles. The lowest BCUT2D eigenvalue weighted by molar-refractivity contribution is -0.942. The standard InChI is InChI=1S/C16H25N5O2/c1-5-21-12(10-20-9-7-6-8-11(20)2)17-14-13(21)15(22)19(4)16(23)18(14)3/h11H,5-10H2,1-4H3/p+1/t11-/m1/s1. The number of rotatable bonds is 3. The second kappa shape index (κ2) is 5.96. The molecule has 1 N–H and O–H groups in total. The van der Waals surface area contributed by atoms with Crippen LogP contribution in [0.15, 0.2) is 9.59 Å². The van der Waals surface area contributed by atoms with Gasteiger partial charge in [-0.1, -0.05) is 0 Å². The topological polar surface area (TPSA) is 66.3 Å². The van der Waals surface area contributed by atoms with E-state index in [4.69, 9.17) is 0 Å². The minimum Gasteiger partial charge on any atom is -0.326 e. The van der Waals surface area contributed by atoms with Crippen molar-refractivity contribution in [3.05, 3.63) is 26.7 Å². The zero-order valence-corrected chi connectivity index (χ0v) is 14.4. The van der Waals surface area contributed by atoms with Crippen LogP contribution in [0.1, 0.15) is 38.9 Å². The van der Waals surface area contributed by atoms with Gasteiger partial charge in [0.2, 0.25) is 0 Å². The van der Waals surface area contributed by atoms with Crippen LogP contribution in [0.25, 0.3) is 11.2 Å². The molecule has 3 rings (SSSR count). The molecule has 0 aromatic carbocycles. The number of nitrogens with zero attached hydrogens (tertiary/aromatic N) is 4. The van der Waals surface area contributed by atoms with E-state index in [1.807, 2.05) is 11.5 Å². The van der Waals surface area contributed by atoms with E-state index in [2.05, 4.69) is 11.9 Å². The SMILES string of the molecule is CCn1c(C[NH+]2CCCC[C@H]2C)nc2c1c(=O)n(C)c(=O)n2C. The summed E-state index contributed by atoms with van der Waals surface area (Å²) in [6.45, 7) is 6.93. The van der Waals surface area contributed by atoms with Crippen LogP contribution in [-0.2, 0) is 27.2 Å². The van der Waals surface area contributed by atoms with Crippen LogP contribution in [0.2, 0.25) is 0 Å². The molecule has 0 spiro atoms. The number of hydrogen-bond donors (Lipinski definition) is 1. The number of fused-ring (bicyclic) bond motifs is 1. The van der Waals surface area contributed by atoms with Crippen molar-refractivity contribution in [3.8, 4) is 0 Å². The molecule has 1 unspecified atom stereocenters. The number of quaternary nitrogens is 1. The van der Waals surface area contributed by atoms with Gasteiger partial charge in [-0.05, 0) is 33.1 Å². The van der Waals surface area contributed by atoms with Gasteiger partial charge in [-0.25, -0.2) is 9.78 Å². The van der Waals surface area contributed by atoms with Crippen LogP contribution in [0, 0.1) is 0 Å². The molecule has 1 aliphatic rings. The number of aromatic nitrogens is 4. The van der Waals surface area contributed by atoms with Crippen molar-refractivity contribution in [2.75, 3.05) is 6.54 Å². The highest BCUT2D eigenvalue weighted by atomic mass is 16.2. The first-order valence-corrected chi connectivity index (χ1v) is 8.45. The first kappa shape index (κ1) is 16.0. The highest BCUT2D eigenvalue weighted by Gasteiger charge is 2.26. The van der Waals surface area contributed by atoms with Crippen LogP contribution >= 0.6 is 0 Å². The first-order valence-electron chi connectivity index (χ1n) is 8.45. The molecule has 0 bridgehead atoms. The smallest absolute Gasteiger partial charge is 0.326 e. The van der Waals surface area contributed by atoms with Crippen molar-refractivity contribution in [3.63, 3.8) is 0 Å². The van der Waals surface area contributed by atoms with Gasteiger partial charge in [0.1, 0.15) is 6.54 Å². The molecule has 23 heavy (non-hydrogen) atoms. The third kappa shape index (κ3) is 2.52. The fraction of sp³-hybridized carbons (Fsp3) is 0.688. The summed E-state index contributed by atoms with van der Waals surface area (Å²) >= 11 is 0. The minimum absolute atomic E-state index is 0.259. The van der Waals surface area contributed by atoms with Crippen molar-refractivity contribution >= 4 is 11.2 Å². The van der Waals surface area contributed by atoms with Gasteiger partial charge in [-0.3, -0.25) is 13.9 Å². The van der Waals surface area contributed by atoms with E-state index in [9.17, 15) is 9.59 Å². The Kier molecular flexibility index (Phi) is 4.14. The minimum atomic E-state index is -0.325. The van der Waals surface area contributed by atoms with Crippen molar-refractivity contribution in [2.24, 2.45) is 14.1 Å². The molecule has 2 aromatic heterocycles. The lowest BCUT2D eigenvalue weighted by Crippen LogP contribution is -3.15. The van der Waals surface area contributed by atoms with Gasteiger partial charge in [0.25, 0.3) is 5.56 Å². The highest BCUT2D eigenvalue weighted by Crippen LogP contribution is 2.11. The molecule has 1 saturated heterocycles. The quantitative estimate of drug-likeness (QED) is 0.822. The summed E-state index contributed by atoms with van der Waals surface area (Å²) in [4.78, 5) is 30.8. The Morgan fingerprint density at radius 1 is 1.22 bits per heavy atom. The third-order valence-corrected chi connectivity index (χ3v) is 5.21. The maximum absolute atomic E-state index is 12.5. The lowest BCUT2D eigenvalue weighted by Gasteiger charge is -2.29. The monoisotopic (exact) mass is 320 g/mol. The van der Waals surface area contributed by atoms with Gasteiger partial charge in [-0.15, -0.1) is 0 Å². The Morgan fingerprint density at radius 2 is 1.96 bits per heavy atom.